The number of rotatable bonds is 9. The van der Waals surface area contributed by atoms with Gasteiger partial charge in [-0.15, -0.1) is 0 Å². The zero-order valence-electron chi connectivity index (χ0n) is 15.9. The third kappa shape index (κ3) is 4.92. The van der Waals surface area contributed by atoms with E-state index in [9.17, 15) is 9.90 Å². The van der Waals surface area contributed by atoms with Crippen LogP contribution in [0.15, 0.2) is 72.8 Å². The summed E-state index contributed by atoms with van der Waals surface area (Å²) in [5.74, 6) is 0.554. The van der Waals surface area contributed by atoms with Gasteiger partial charge in [0.1, 0.15) is 18.1 Å². The zero-order chi connectivity index (χ0) is 19.8. The summed E-state index contributed by atoms with van der Waals surface area (Å²) in [4.78, 5) is 11.5. The van der Waals surface area contributed by atoms with Gasteiger partial charge in [0.2, 0.25) is 0 Å². The monoisotopic (exact) mass is 376 g/mol. The number of para-hydroxylation sites is 1. The van der Waals surface area contributed by atoms with Crippen molar-refractivity contribution >= 4 is 5.97 Å². The maximum atomic E-state index is 11.5. The number of hydrogen-bond acceptors (Lipinski definition) is 3. The fourth-order valence-electron chi connectivity index (χ4n) is 3.26. The molecule has 0 unspecified atom stereocenters. The minimum absolute atomic E-state index is 0.299. The first-order valence-electron chi connectivity index (χ1n) is 9.33. The van der Waals surface area contributed by atoms with Crippen LogP contribution in [0.2, 0.25) is 0 Å². The van der Waals surface area contributed by atoms with E-state index in [0.717, 1.165) is 35.3 Å². The molecular weight excluding hydrogens is 352 g/mol. The maximum absolute atomic E-state index is 11.5. The zero-order valence-corrected chi connectivity index (χ0v) is 15.9. The number of carboxylic acids is 1. The molecule has 0 radical (unpaired) electrons. The van der Waals surface area contributed by atoms with Gasteiger partial charge in [0.25, 0.3) is 0 Å². The number of methoxy groups -OCH3 is 1. The normalized spacial score (nSPS) is 10.5. The molecule has 0 bridgehead atoms. The van der Waals surface area contributed by atoms with Crippen molar-refractivity contribution in [1.82, 2.24) is 0 Å². The fourth-order valence-corrected chi connectivity index (χ4v) is 3.26. The number of aryl methyl sites for hydroxylation is 1. The Labute approximate surface area is 165 Å². The van der Waals surface area contributed by atoms with Crippen LogP contribution in [-0.4, -0.2) is 18.2 Å². The Morgan fingerprint density at radius 2 is 1.57 bits per heavy atom. The molecule has 28 heavy (non-hydrogen) atoms. The van der Waals surface area contributed by atoms with Crippen LogP contribution >= 0.6 is 0 Å². The van der Waals surface area contributed by atoms with E-state index in [1.807, 2.05) is 48.5 Å². The van der Waals surface area contributed by atoms with Gasteiger partial charge in [-0.2, -0.15) is 0 Å². The largest absolute Gasteiger partial charge is 0.496 e. The third-order valence-corrected chi connectivity index (χ3v) is 4.67. The molecule has 0 heterocycles. The quantitative estimate of drug-likeness (QED) is 0.561. The van der Waals surface area contributed by atoms with Gasteiger partial charge in [-0.1, -0.05) is 54.6 Å². The van der Waals surface area contributed by atoms with Gasteiger partial charge in [0.15, 0.2) is 0 Å². The Morgan fingerprint density at radius 1 is 0.857 bits per heavy atom. The Balaban J connectivity index is 1.67. The molecule has 0 saturated heterocycles. The molecule has 0 fully saturated rings. The van der Waals surface area contributed by atoms with Crippen LogP contribution in [0.3, 0.4) is 0 Å². The lowest BCUT2D eigenvalue weighted by molar-refractivity contribution is 0.0695. The number of benzene rings is 3. The number of aromatic carboxylic acids is 1. The van der Waals surface area contributed by atoms with Crippen molar-refractivity contribution in [3.8, 4) is 11.5 Å². The molecule has 0 aliphatic rings. The summed E-state index contributed by atoms with van der Waals surface area (Å²) >= 11 is 0. The Bertz CT molecular complexity index is 919. The number of ether oxygens (including phenoxy) is 2. The molecule has 3 aromatic carbocycles. The van der Waals surface area contributed by atoms with Gasteiger partial charge in [-0.3, -0.25) is 0 Å². The second-order valence-electron chi connectivity index (χ2n) is 6.53. The van der Waals surface area contributed by atoms with Crippen molar-refractivity contribution in [1.29, 1.82) is 0 Å². The van der Waals surface area contributed by atoms with Crippen molar-refractivity contribution < 1.29 is 19.4 Å². The van der Waals surface area contributed by atoms with Gasteiger partial charge in [-0.05, 0) is 48.6 Å². The maximum Gasteiger partial charge on any atom is 0.336 e. The van der Waals surface area contributed by atoms with Crippen LogP contribution in [0.1, 0.15) is 33.5 Å². The molecule has 0 aliphatic heterocycles. The molecule has 3 aromatic rings. The van der Waals surface area contributed by atoms with E-state index >= 15 is 0 Å². The molecule has 0 saturated carbocycles. The van der Waals surface area contributed by atoms with Crippen LogP contribution in [0.5, 0.6) is 11.5 Å². The molecule has 0 spiro atoms. The lowest BCUT2D eigenvalue weighted by atomic mass is 9.98. The first-order chi connectivity index (χ1) is 13.7. The van der Waals surface area contributed by atoms with E-state index in [2.05, 4.69) is 6.07 Å². The Morgan fingerprint density at radius 3 is 2.32 bits per heavy atom. The summed E-state index contributed by atoms with van der Waals surface area (Å²) in [5, 5.41) is 9.45. The van der Waals surface area contributed by atoms with E-state index in [0.29, 0.717) is 24.3 Å². The molecule has 0 aromatic heterocycles. The van der Waals surface area contributed by atoms with E-state index in [1.165, 1.54) is 0 Å². The number of carboxylic acid groups (broad SMARTS) is 1. The van der Waals surface area contributed by atoms with Gasteiger partial charge in [-0.25, -0.2) is 4.79 Å². The lowest BCUT2D eigenvalue weighted by Gasteiger charge is -2.13. The highest BCUT2D eigenvalue weighted by atomic mass is 16.5. The molecule has 0 aliphatic carbocycles. The molecule has 1 N–H and O–H groups in total. The van der Waals surface area contributed by atoms with Crippen molar-refractivity contribution in [3.05, 3.63) is 95.1 Å². The molecule has 0 atom stereocenters. The van der Waals surface area contributed by atoms with Crippen molar-refractivity contribution in [2.75, 3.05) is 7.11 Å². The van der Waals surface area contributed by atoms with Crippen LogP contribution < -0.4 is 9.47 Å². The smallest absolute Gasteiger partial charge is 0.336 e. The van der Waals surface area contributed by atoms with Crippen molar-refractivity contribution in [2.24, 2.45) is 0 Å². The first-order valence-corrected chi connectivity index (χ1v) is 9.33. The summed E-state index contributed by atoms with van der Waals surface area (Å²) in [6.45, 7) is 0.521. The standard InChI is InChI=1S/C24H24O4/c1-27-23-16-8-14-21(24(25)26)20(23)13-7-12-19-11-5-6-15-22(19)28-17-18-9-3-2-4-10-18/h2-6,8-11,14-16H,7,12-13,17H2,1H3,(H,25,26). The van der Waals surface area contributed by atoms with Crippen LogP contribution in [0, 0.1) is 0 Å². The van der Waals surface area contributed by atoms with Gasteiger partial charge in [0, 0.05) is 5.56 Å². The minimum atomic E-state index is -0.930. The molecule has 4 nitrogen and oxygen atoms in total. The SMILES string of the molecule is COc1cccc(C(=O)O)c1CCCc1ccccc1OCc1ccccc1. The van der Waals surface area contributed by atoms with E-state index in [1.54, 1.807) is 25.3 Å². The molecule has 0 amide bonds. The second kappa shape index (κ2) is 9.60. The minimum Gasteiger partial charge on any atom is -0.496 e. The summed E-state index contributed by atoms with van der Waals surface area (Å²) in [5.41, 5.74) is 3.27. The number of carbonyl (C=O) groups is 1. The third-order valence-electron chi connectivity index (χ3n) is 4.67. The van der Waals surface area contributed by atoms with E-state index in [4.69, 9.17) is 9.47 Å². The Hall–Kier alpha value is -3.27. The van der Waals surface area contributed by atoms with Gasteiger partial charge < -0.3 is 14.6 Å². The van der Waals surface area contributed by atoms with Gasteiger partial charge in [0.05, 0.1) is 12.7 Å². The average Bonchev–Trinajstić information content (AvgIpc) is 2.73. The number of hydrogen-bond donors (Lipinski definition) is 1. The topological polar surface area (TPSA) is 55.8 Å². The van der Waals surface area contributed by atoms with Crippen molar-refractivity contribution in [3.63, 3.8) is 0 Å². The average molecular weight is 376 g/mol. The summed E-state index contributed by atoms with van der Waals surface area (Å²) in [6, 6.07) is 23.2. The molecule has 3 rings (SSSR count). The summed E-state index contributed by atoms with van der Waals surface area (Å²) in [6.07, 6.45) is 2.22. The lowest BCUT2D eigenvalue weighted by Crippen LogP contribution is -2.05. The summed E-state index contributed by atoms with van der Waals surface area (Å²) < 4.78 is 11.4. The van der Waals surface area contributed by atoms with Crippen LogP contribution in [0.4, 0.5) is 0 Å². The van der Waals surface area contributed by atoms with Crippen LogP contribution in [-0.2, 0) is 19.4 Å². The highest BCUT2D eigenvalue weighted by Gasteiger charge is 2.14. The van der Waals surface area contributed by atoms with E-state index in [-0.39, 0.29) is 0 Å². The Kier molecular flexibility index (Phi) is 6.68. The first kappa shape index (κ1) is 19.5. The molecule has 4 heteroatoms. The molecule has 144 valence electrons. The second-order valence-corrected chi connectivity index (χ2v) is 6.53. The summed E-state index contributed by atoms with van der Waals surface area (Å²) in [7, 11) is 1.57. The molecular formula is C24H24O4. The fraction of sp³-hybridized carbons (Fsp3) is 0.208. The van der Waals surface area contributed by atoms with Crippen LogP contribution in [0.25, 0.3) is 0 Å². The van der Waals surface area contributed by atoms with Crippen molar-refractivity contribution in [2.45, 2.75) is 25.9 Å². The highest BCUT2D eigenvalue weighted by molar-refractivity contribution is 5.90. The highest BCUT2D eigenvalue weighted by Crippen LogP contribution is 2.26. The van der Waals surface area contributed by atoms with Gasteiger partial charge >= 0.3 is 5.97 Å². The van der Waals surface area contributed by atoms with E-state index < -0.39 is 5.97 Å². The predicted octanol–water partition coefficient (Wildman–Crippen LogP) is 5.15. The predicted molar refractivity (Wildman–Crippen MR) is 109 cm³/mol.